The Morgan fingerprint density at radius 2 is 1.74 bits per heavy atom. The van der Waals surface area contributed by atoms with Crippen molar-refractivity contribution in [2.75, 3.05) is 32.8 Å². The SMILES string of the molecule is CCCCOCC(O)CN(CC(=O)O)CC(=O)O.[Na]. The number of aliphatic hydroxyl groups excluding tert-OH is 1. The molecule has 0 aliphatic heterocycles. The zero-order valence-corrected chi connectivity index (χ0v) is 13.5. The fourth-order valence-electron chi connectivity index (χ4n) is 1.38. The standard InChI is InChI=1S/C11H21NO6.Na/c1-2-3-4-18-8-9(13)5-12(6-10(14)15)7-11(16)17;/h9,13H,2-8H2,1H3,(H,14,15)(H,16,17);. The number of unbranched alkanes of at least 4 members (excludes halogenated alkanes) is 1. The van der Waals surface area contributed by atoms with Gasteiger partial charge in [0.15, 0.2) is 0 Å². The number of hydrogen-bond donors (Lipinski definition) is 3. The summed E-state index contributed by atoms with van der Waals surface area (Å²) in [7, 11) is 0. The molecule has 8 heteroatoms. The van der Waals surface area contributed by atoms with Crippen molar-refractivity contribution in [1.82, 2.24) is 4.90 Å². The van der Waals surface area contributed by atoms with Crippen molar-refractivity contribution >= 4 is 41.5 Å². The van der Waals surface area contributed by atoms with Crippen LogP contribution in [0, 0.1) is 0 Å². The van der Waals surface area contributed by atoms with Gasteiger partial charge in [-0.2, -0.15) is 0 Å². The summed E-state index contributed by atoms with van der Waals surface area (Å²) in [6.07, 6.45) is 0.988. The molecule has 19 heavy (non-hydrogen) atoms. The van der Waals surface area contributed by atoms with E-state index in [-0.39, 0.29) is 42.7 Å². The molecule has 0 bridgehead atoms. The molecule has 1 atom stereocenters. The molecule has 0 saturated carbocycles. The fourth-order valence-corrected chi connectivity index (χ4v) is 1.38. The molecule has 0 aliphatic rings. The maximum atomic E-state index is 10.5. The first-order valence-electron chi connectivity index (χ1n) is 5.87. The molecule has 0 heterocycles. The number of nitrogens with zero attached hydrogens (tertiary/aromatic N) is 1. The van der Waals surface area contributed by atoms with Crippen LogP contribution in [-0.2, 0) is 14.3 Å². The molecule has 0 amide bonds. The Balaban J connectivity index is 0. The average Bonchev–Trinajstić information content (AvgIpc) is 2.22. The Labute approximate surface area is 134 Å². The first kappa shape index (κ1) is 21.1. The van der Waals surface area contributed by atoms with Crippen molar-refractivity contribution in [3.8, 4) is 0 Å². The summed E-state index contributed by atoms with van der Waals surface area (Å²) in [5, 5.41) is 26.8. The quantitative estimate of drug-likeness (QED) is 0.339. The van der Waals surface area contributed by atoms with Crippen LogP contribution >= 0.6 is 0 Å². The number of ether oxygens (including phenoxy) is 1. The summed E-state index contributed by atoms with van der Waals surface area (Å²) in [6, 6.07) is 0. The van der Waals surface area contributed by atoms with E-state index in [0.717, 1.165) is 17.7 Å². The van der Waals surface area contributed by atoms with Crippen LogP contribution in [0.3, 0.4) is 0 Å². The third kappa shape index (κ3) is 14.0. The Kier molecular flexibility index (Phi) is 14.3. The number of carbonyl (C=O) groups is 2. The second-order valence-corrected chi connectivity index (χ2v) is 4.04. The van der Waals surface area contributed by atoms with Gasteiger partial charge in [0.25, 0.3) is 0 Å². The van der Waals surface area contributed by atoms with Gasteiger partial charge in [0.05, 0.1) is 25.8 Å². The van der Waals surface area contributed by atoms with Gasteiger partial charge in [-0.3, -0.25) is 14.5 Å². The van der Waals surface area contributed by atoms with Crippen molar-refractivity contribution < 1.29 is 29.6 Å². The number of carboxylic acid groups (broad SMARTS) is 2. The summed E-state index contributed by atoms with van der Waals surface area (Å²) < 4.78 is 5.18. The summed E-state index contributed by atoms with van der Waals surface area (Å²) in [6.45, 7) is 1.75. The predicted octanol–water partition coefficient (Wildman–Crippen LogP) is -0.746. The maximum Gasteiger partial charge on any atom is 0.317 e. The van der Waals surface area contributed by atoms with Crippen LogP contribution in [0.4, 0.5) is 0 Å². The smallest absolute Gasteiger partial charge is 0.317 e. The molecule has 0 aliphatic carbocycles. The molecule has 1 unspecified atom stereocenters. The Morgan fingerprint density at radius 1 is 1.21 bits per heavy atom. The van der Waals surface area contributed by atoms with Crippen molar-refractivity contribution in [2.24, 2.45) is 0 Å². The van der Waals surface area contributed by atoms with Crippen LogP contribution in [-0.4, -0.2) is 101 Å². The molecule has 0 rings (SSSR count). The number of carboxylic acids is 2. The minimum absolute atomic E-state index is 0. The monoisotopic (exact) mass is 286 g/mol. The predicted molar refractivity (Wildman–Crippen MR) is 69.2 cm³/mol. The molecule has 0 saturated heterocycles. The molecular weight excluding hydrogens is 265 g/mol. The average molecular weight is 286 g/mol. The van der Waals surface area contributed by atoms with Crippen LogP contribution in [0.5, 0.6) is 0 Å². The van der Waals surface area contributed by atoms with Crippen molar-refractivity contribution in [2.45, 2.75) is 25.9 Å². The number of hydrogen-bond acceptors (Lipinski definition) is 5. The first-order valence-corrected chi connectivity index (χ1v) is 5.87. The molecule has 3 N–H and O–H groups in total. The molecule has 0 aromatic rings. The van der Waals surface area contributed by atoms with E-state index in [1.807, 2.05) is 6.92 Å². The van der Waals surface area contributed by atoms with Crippen molar-refractivity contribution in [1.29, 1.82) is 0 Å². The molecule has 107 valence electrons. The fraction of sp³-hybridized carbons (Fsp3) is 0.818. The number of aliphatic carboxylic acids is 2. The summed E-state index contributed by atoms with van der Waals surface area (Å²) in [4.78, 5) is 22.2. The van der Waals surface area contributed by atoms with E-state index < -0.39 is 31.1 Å². The molecule has 7 nitrogen and oxygen atoms in total. The van der Waals surface area contributed by atoms with Crippen molar-refractivity contribution in [3.05, 3.63) is 0 Å². The third-order valence-electron chi connectivity index (χ3n) is 2.14. The minimum atomic E-state index is -1.13. The summed E-state index contributed by atoms with van der Waals surface area (Å²) in [5.41, 5.74) is 0. The summed E-state index contributed by atoms with van der Waals surface area (Å²) in [5.74, 6) is -2.26. The number of aliphatic hydroxyl groups is 1. The zero-order valence-electron chi connectivity index (χ0n) is 11.5. The van der Waals surface area contributed by atoms with Crippen LogP contribution in [0.25, 0.3) is 0 Å². The van der Waals surface area contributed by atoms with Gasteiger partial charge in [-0.25, -0.2) is 0 Å². The minimum Gasteiger partial charge on any atom is -0.480 e. The second kappa shape index (κ2) is 12.8. The van der Waals surface area contributed by atoms with E-state index in [9.17, 15) is 14.7 Å². The first-order chi connectivity index (χ1) is 8.45. The van der Waals surface area contributed by atoms with Crippen molar-refractivity contribution in [3.63, 3.8) is 0 Å². The molecule has 0 spiro atoms. The van der Waals surface area contributed by atoms with E-state index >= 15 is 0 Å². The van der Waals surface area contributed by atoms with Crippen LogP contribution in [0.2, 0.25) is 0 Å². The van der Waals surface area contributed by atoms with E-state index in [2.05, 4.69) is 0 Å². The van der Waals surface area contributed by atoms with Gasteiger partial charge in [-0.1, -0.05) is 13.3 Å². The Morgan fingerprint density at radius 3 is 2.16 bits per heavy atom. The van der Waals surface area contributed by atoms with Gasteiger partial charge in [-0.15, -0.1) is 0 Å². The van der Waals surface area contributed by atoms with Gasteiger partial charge in [0.2, 0.25) is 0 Å². The van der Waals surface area contributed by atoms with Gasteiger partial charge in [0.1, 0.15) is 0 Å². The molecule has 0 aromatic carbocycles. The molecule has 0 aromatic heterocycles. The molecular formula is C11H21NNaO6. The van der Waals surface area contributed by atoms with Crippen LogP contribution < -0.4 is 0 Å². The maximum absolute atomic E-state index is 10.5. The van der Waals surface area contributed by atoms with Gasteiger partial charge >= 0.3 is 11.9 Å². The zero-order chi connectivity index (χ0) is 14.0. The van der Waals surface area contributed by atoms with E-state index in [1.54, 1.807) is 0 Å². The van der Waals surface area contributed by atoms with E-state index in [4.69, 9.17) is 14.9 Å². The number of rotatable bonds is 11. The Hall–Kier alpha value is -0.180. The largest absolute Gasteiger partial charge is 0.480 e. The van der Waals surface area contributed by atoms with E-state index in [1.165, 1.54) is 0 Å². The molecule has 1 radical (unpaired) electrons. The van der Waals surface area contributed by atoms with Gasteiger partial charge < -0.3 is 20.1 Å². The normalized spacial score (nSPS) is 11.9. The second-order valence-electron chi connectivity index (χ2n) is 4.04. The summed E-state index contributed by atoms with van der Waals surface area (Å²) >= 11 is 0. The third-order valence-corrected chi connectivity index (χ3v) is 2.14. The van der Waals surface area contributed by atoms with Gasteiger partial charge in [-0.05, 0) is 6.42 Å². The van der Waals surface area contributed by atoms with Gasteiger partial charge in [0, 0.05) is 42.7 Å². The topological polar surface area (TPSA) is 107 Å². The molecule has 0 fully saturated rings. The van der Waals surface area contributed by atoms with E-state index in [0.29, 0.717) is 6.61 Å². The Bertz CT molecular complexity index is 248. The van der Waals surface area contributed by atoms with Crippen LogP contribution in [0.15, 0.2) is 0 Å². The van der Waals surface area contributed by atoms with Crippen LogP contribution in [0.1, 0.15) is 19.8 Å².